The molecule has 2 aliphatic rings. The van der Waals surface area contributed by atoms with E-state index in [2.05, 4.69) is 21.0 Å². The van der Waals surface area contributed by atoms with E-state index in [0.717, 1.165) is 37.2 Å². The molecular formula is C12H16BrN3O3S. The first-order chi connectivity index (χ1) is 9.60. The molecule has 0 radical (unpaired) electrons. The van der Waals surface area contributed by atoms with Crippen molar-refractivity contribution in [2.75, 3.05) is 18.1 Å². The van der Waals surface area contributed by atoms with Gasteiger partial charge in [-0.25, -0.2) is 0 Å². The molecule has 3 rings (SSSR count). The van der Waals surface area contributed by atoms with Gasteiger partial charge in [0.2, 0.25) is 0 Å². The van der Waals surface area contributed by atoms with E-state index in [9.17, 15) is 10.1 Å². The topological polar surface area (TPSA) is 70.2 Å². The predicted molar refractivity (Wildman–Crippen MR) is 80.1 cm³/mol. The summed E-state index contributed by atoms with van der Waals surface area (Å²) in [7, 11) is 0. The van der Waals surface area contributed by atoms with Gasteiger partial charge in [-0.05, 0) is 51.6 Å². The van der Waals surface area contributed by atoms with E-state index in [-0.39, 0.29) is 17.5 Å². The SMILES string of the molecule is O=[N+]([O-])c1nn(C2CCOC3(CCSCC3)C2)cc1Br. The fraction of sp³-hybridized carbons (Fsp3) is 0.750. The maximum Gasteiger partial charge on any atom is 0.404 e. The van der Waals surface area contributed by atoms with Crippen LogP contribution in [0.3, 0.4) is 0 Å². The van der Waals surface area contributed by atoms with Gasteiger partial charge in [-0.3, -0.25) is 0 Å². The van der Waals surface area contributed by atoms with E-state index in [1.165, 1.54) is 0 Å². The molecular weight excluding hydrogens is 346 g/mol. The highest BCUT2D eigenvalue weighted by Gasteiger charge is 2.40. The lowest BCUT2D eigenvalue weighted by molar-refractivity contribution is -0.390. The lowest BCUT2D eigenvalue weighted by Gasteiger charge is -2.42. The molecule has 0 aromatic carbocycles. The van der Waals surface area contributed by atoms with Crippen molar-refractivity contribution in [1.82, 2.24) is 9.78 Å². The quantitative estimate of drug-likeness (QED) is 0.597. The van der Waals surface area contributed by atoms with Gasteiger partial charge in [-0.15, -0.1) is 0 Å². The zero-order valence-electron chi connectivity index (χ0n) is 11.0. The summed E-state index contributed by atoms with van der Waals surface area (Å²) in [5.41, 5.74) is -0.0403. The van der Waals surface area contributed by atoms with Crippen LogP contribution in [0.5, 0.6) is 0 Å². The number of ether oxygens (including phenoxy) is 1. The van der Waals surface area contributed by atoms with Crippen LogP contribution in [0.25, 0.3) is 0 Å². The van der Waals surface area contributed by atoms with Gasteiger partial charge < -0.3 is 14.9 Å². The van der Waals surface area contributed by atoms with Crippen LogP contribution in [-0.2, 0) is 4.74 Å². The Morgan fingerprint density at radius 3 is 2.95 bits per heavy atom. The van der Waals surface area contributed by atoms with Crippen LogP contribution >= 0.6 is 27.7 Å². The number of thioether (sulfide) groups is 1. The second-order valence-electron chi connectivity index (χ2n) is 5.33. The van der Waals surface area contributed by atoms with Crippen molar-refractivity contribution in [2.24, 2.45) is 0 Å². The van der Waals surface area contributed by atoms with Crippen molar-refractivity contribution in [3.05, 3.63) is 20.8 Å². The summed E-state index contributed by atoms with van der Waals surface area (Å²) in [6.45, 7) is 0.709. The summed E-state index contributed by atoms with van der Waals surface area (Å²) in [5, 5.41) is 15.0. The molecule has 0 saturated carbocycles. The fourth-order valence-electron chi connectivity index (χ4n) is 2.99. The molecule has 1 aromatic rings. The number of hydrogen-bond donors (Lipinski definition) is 0. The van der Waals surface area contributed by atoms with Crippen LogP contribution < -0.4 is 0 Å². The highest BCUT2D eigenvalue weighted by Crippen LogP contribution is 2.41. The van der Waals surface area contributed by atoms with E-state index in [4.69, 9.17) is 4.74 Å². The van der Waals surface area contributed by atoms with Crippen LogP contribution in [0.15, 0.2) is 10.7 Å². The van der Waals surface area contributed by atoms with Crippen molar-refractivity contribution in [3.8, 4) is 0 Å². The Bertz CT molecular complexity index is 511. The van der Waals surface area contributed by atoms with Crippen molar-refractivity contribution in [2.45, 2.75) is 37.3 Å². The summed E-state index contributed by atoms with van der Waals surface area (Å²) in [5.74, 6) is 2.16. The summed E-state index contributed by atoms with van der Waals surface area (Å²) in [6.07, 6.45) is 5.62. The van der Waals surface area contributed by atoms with Gasteiger partial charge in [0.15, 0.2) is 0 Å². The smallest absolute Gasteiger partial charge is 0.375 e. The summed E-state index contributed by atoms with van der Waals surface area (Å²) >= 11 is 5.18. The molecule has 20 heavy (non-hydrogen) atoms. The summed E-state index contributed by atoms with van der Waals surface area (Å²) in [4.78, 5) is 10.4. The number of nitrogens with zero attached hydrogens (tertiary/aromatic N) is 3. The second-order valence-corrected chi connectivity index (χ2v) is 7.41. The normalized spacial score (nSPS) is 25.8. The Morgan fingerprint density at radius 1 is 1.55 bits per heavy atom. The molecule has 0 bridgehead atoms. The first-order valence-corrected chi connectivity index (χ1v) is 8.65. The Kier molecular flexibility index (Phi) is 4.05. The zero-order valence-corrected chi connectivity index (χ0v) is 13.4. The minimum atomic E-state index is -0.451. The van der Waals surface area contributed by atoms with Gasteiger partial charge in [0.25, 0.3) is 0 Å². The van der Waals surface area contributed by atoms with Crippen LogP contribution in [0, 0.1) is 10.1 Å². The average molecular weight is 362 g/mol. The van der Waals surface area contributed by atoms with E-state index < -0.39 is 4.92 Å². The monoisotopic (exact) mass is 361 g/mol. The number of hydrogen-bond acceptors (Lipinski definition) is 5. The average Bonchev–Trinajstić information content (AvgIpc) is 2.82. The maximum absolute atomic E-state index is 10.9. The molecule has 8 heteroatoms. The third kappa shape index (κ3) is 2.73. The molecule has 1 aromatic heterocycles. The molecule has 2 fully saturated rings. The van der Waals surface area contributed by atoms with E-state index in [1.807, 2.05) is 11.8 Å². The molecule has 0 amide bonds. The number of rotatable bonds is 2. The fourth-order valence-corrected chi connectivity index (χ4v) is 4.66. The van der Waals surface area contributed by atoms with Gasteiger partial charge >= 0.3 is 5.82 Å². The predicted octanol–water partition coefficient (Wildman–Crippen LogP) is 3.17. The van der Waals surface area contributed by atoms with Crippen molar-refractivity contribution < 1.29 is 9.66 Å². The van der Waals surface area contributed by atoms with Crippen LogP contribution in [0.2, 0.25) is 0 Å². The highest BCUT2D eigenvalue weighted by atomic mass is 79.9. The number of nitro groups is 1. The molecule has 2 aliphatic heterocycles. The first-order valence-electron chi connectivity index (χ1n) is 6.70. The van der Waals surface area contributed by atoms with Crippen LogP contribution in [0.4, 0.5) is 5.82 Å². The Balaban J connectivity index is 1.79. The van der Waals surface area contributed by atoms with Crippen molar-refractivity contribution in [3.63, 3.8) is 0 Å². The van der Waals surface area contributed by atoms with Crippen molar-refractivity contribution in [1.29, 1.82) is 0 Å². The van der Waals surface area contributed by atoms with Crippen molar-refractivity contribution >= 4 is 33.5 Å². The Morgan fingerprint density at radius 2 is 2.30 bits per heavy atom. The Hall–Kier alpha value is -0.600. The van der Waals surface area contributed by atoms with Gasteiger partial charge in [0.1, 0.15) is 4.47 Å². The molecule has 0 N–H and O–H groups in total. The highest BCUT2D eigenvalue weighted by molar-refractivity contribution is 9.10. The Labute approximate surface area is 129 Å². The molecule has 1 spiro atoms. The van der Waals surface area contributed by atoms with Gasteiger partial charge in [-0.2, -0.15) is 16.4 Å². The van der Waals surface area contributed by atoms with Gasteiger partial charge in [0, 0.05) is 13.0 Å². The molecule has 6 nitrogen and oxygen atoms in total. The summed E-state index contributed by atoms with van der Waals surface area (Å²) in [6, 6.07) is 0.192. The molecule has 1 unspecified atom stereocenters. The molecule has 0 aliphatic carbocycles. The lowest BCUT2D eigenvalue weighted by atomic mass is 9.85. The minimum Gasteiger partial charge on any atom is -0.375 e. The first kappa shape index (κ1) is 14.3. The van der Waals surface area contributed by atoms with E-state index in [1.54, 1.807) is 10.9 Å². The minimum absolute atomic E-state index is 0.0403. The molecule has 2 saturated heterocycles. The third-order valence-corrected chi connectivity index (χ3v) is 5.63. The summed E-state index contributed by atoms with van der Waals surface area (Å²) < 4.78 is 8.23. The second kappa shape index (κ2) is 5.65. The number of aromatic nitrogens is 2. The molecule has 3 heterocycles. The van der Waals surface area contributed by atoms with E-state index >= 15 is 0 Å². The third-order valence-electron chi connectivity index (χ3n) is 4.09. The van der Waals surface area contributed by atoms with Crippen LogP contribution in [0.1, 0.15) is 31.7 Å². The maximum atomic E-state index is 10.9. The van der Waals surface area contributed by atoms with Gasteiger partial charge in [0.05, 0.1) is 22.9 Å². The van der Waals surface area contributed by atoms with Crippen LogP contribution in [-0.4, -0.2) is 38.4 Å². The number of halogens is 1. The molecule has 1 atom stereocenters. The standard InChI is InChI=1S/C12H16BrN3O3S/c13-10-8-15(14-11(10)16(17)18)9-1-4-19-12(7-9)2-5-20-6-3-12/h8-9H,1-7H2. The molecule has 110 valence electrons. The lowest BCUT2D eigenvalue weighted by Crippen LogP contribution is -2.43. The largest absolute Gasteiger partial charge is 0.404 e. The van der Waals surface area contributed by atoms with Gasteiger partial charge in [-0.1, -0.05) is 0 Å². The van der Waals surface area contributed by atoms with E-state index in [0.29, 0.717) is 11.1 Å². The zero-order chi connectivity index (χ0) is 14.2.